The van der Waals surface area contributed by atoms with E-state index in [4.69, 9.17) is 5.73 Å². The van der Waals surface area contributed by atoms with Gasteiger partial charge in [0, 0.05) is 23.5 Å². The molecule has 0 atom stereocenters. The molecule has 4 N–H and O–H groups in total. The summed E-state index contributed by atoms with van der Waals surface area (Å²) in [6.45, 7) is 0.522. The second-order valence-corrected chi connectivity index (χ2v) is 8.20. The number of rotatable bonds is 5. The van der Waals surface area contributed by atoms with E-state index < -0.39 is 11.7 Å². The van der Waals surface area contributed by atoms with Crippen molar-refractivity contribution in [3.8, 4) is 22.3 Å². The smallest absolute Gasteiger partial charge is 0.330 e. The lowest BCUT2D eigenvalue weighted by Crippen LogP contribution is -2.08. The van der Waals surface area contributed by atoms with E-state index in [1.54, 1.807) is 18.6 Å². The molecule has 0 bridgehead atoms. The number of aromatic amines is 2. The van der Waals surface area contributed by atoms with Crippen molar-refractivity contribution in [1.82, 2.24) is 15.2 Å². The summed E-state index contributed by atoms with van der Waals surface area (Å²) in [7, 11) is 0. The Kier molecular flexibility index (Phi) is 5.45. The molecule has 2 aromatic heterocycles. The van der Waals surface area contributed by atoms with Crippen LogP contribution in [0, 0.1) is 0 Å². The number of hydrogen-bond donors (Lipinski definition) is 3. The van der Waals surface area contributed by atoms with Crippen molar-refractivity contribution >= 4 is 21.5 Å². The summed E-state index contributed by atoms with van der Waals surface area (Å²) >= 11 is 0. The summed E-state index contributed by atoms with van der Waals surface area (Å²) < 4.78 is 39.2. The van der Waals surface area contributed by atoms with E-state index in [2.05, 4.69) is 15.2 Å². The minimum Gasteiger partial charge on any atom is -0.330 e. The van der Waals surface area contributed by atoms with Crippen LogP contribution in [0.25, 0.3) is 43.8 Å². The molecule has 2 heterocycles. The third-order valence-corrected chi connectivity index (χ3v) is 6.09. The Balaban J connectivity index is 1.80. The predicted molar refractivity (Wildman–Crippen MR) is 127 cm³/mol. The summed E-state index contributed by atoms with van der Waals surface area (Å²) in [5.74, 6) is 0. The fourth-order valence-corrected chi connectivity index (χ4v) is 4.41. The van der Waals surface area contributed by atoms with E-state index in [1.807, 2.05) is 24.3 Å². The highest BCUT2D eigenvalue weighted by molar-refractivity contribution is 6.13. The molecule has 0 aliphatic rings. The molecule has 5 rings (SSSR count). The lowest BCUT2D eigenvalue weighted by atomic mass is 9.90. The number of pyridine rings is 1. The molecule has 0 saturated carbocycles. The lowest BCUT2D eigenvalue weighted by Gasteiger charge is -2.15. The summed E-state index contributed by atoms with van der Waals surface area (Å²) in [5, 5.41) is 9.71. The van der Waals surface area contributed by atoms with Crippen molar-refractivity contribution in [2.24, 2.45) is 5.73 Å². The van der Waals surface area contributed by atoms with Crippen molar-refractivity contribution in [1.29, 1.82) is 0 Å². The van der Waals surface area contributed by atoms with Crippen LogP contribution in [0.2, 0.25) is 0 Å². The van der Waals surface area contributed by atoms with Crippen molar-refractivity contribution in [3.63, 3.8) is 0 Å². The normalized spacial score (nSPS) is 12.0. The number of fused-ring (bicyclic) bond motifs is 3. The zero-order valence-electron chi connectivity index (χ0n) is 18.0. The maximum absolute atomic E-state index is 13.1. The van der Waals surface area contributed by atoms with Gasteiger partial charge in [0.15, 0.2) is 0 Å². The van der Waals surface area contributed by atoms with Gasteiger partial charge in [-0.1, -0.05) is 24.3 Å². The summed E-state index contributed by atoms with van der Waals surface area (Å²) in [6.07, 6.45) is 2.11. The Morgan fingerprint density at radius 2 is 1.65 bits per heavy atom. The summed E-state index contributed by atoms with van der Waals surface area (Å²) in [6, 6.07) is 12.9. The Hall–Kier alpha value is -3.91. The third kappa shape index (κ3) is 3.86. The topological polar surface area (TPSA) is 87.6 Å². The first-order chi connectivity index (χ1) is 16.4. The van der Waals surface area contributed by atoms with Crippen LogP contribution >= 0.6 is 0 Å². The van der Waals surface area contributed by atoms with E-state index in [0.717, 1.165) is 46.0 Å². The molecule has 0 saturated heterocycles. The molecule has 5 aromatic rings. The molecule has 0 unspecified atom stereocenters. The number of halogens is 3. The van der Waals surface area contributed by atoms with Gasteiger partial charge in [-0.05, 0) is 76.5 Å². The van der Waals surface area contributed by atoms with E-state index in [9.17, 15) is 18.0 Å². The first kappa shape index (κ1) is 21.9. The Morgan fingerprint density at radius 1 is 0.882 bits per heavy atom. The number of nitrogens with zero attached hydrogens (tertiary/aromatic N) is 1. The molecule has 3 aromatic carbocycles. The van der Waals surface area contributed by atoms with Crippen LogP contribution in [0.4, 0.5) is 13.2 Å². The largest absolute Gasteiger partial charge is 0.416 e. The van der Waals surface area contributed by atoms with Crippen LogP contribution < -0.4 is 11.3 Å². The molecule has 0 amide bonds. The van der Waals surface area contributed by atoms with Crippen LogP contribution in [-0.2, 0) is 12.6 Å². The highest BCUT2D eigenvalue weighted by Gasteiger charge is 2.30. The number of benzene rings is 3. The van der Waals surface area contributed by atoms with Crippen molar-refractivity contribution in [2.75, 3.05) is 6.54 Å². The van der Waals surface area contributed by atoms with Crippen LogP contribution in [0.1, 0.15) is 17.5 Å². The maximum Gasteiger partial charge on any atom is 0.416 e. The van der Waals surface area contributed by atoms with Crippen LogP contribution in [0.5, 0.6) is 0 Å². The van der Waals surface area contributed by atoms with Gasteiger partial charge in [-0.25, -0.2) is 0 Å². The molecule has 5 nitrogen and oxygen atoms in total. The fraction of sp³-hybridized carbons (Fsp3) is 0.154. The molecule has 0 radical (unpaired) electrons. The molecule has 34 heavy (non-hydrogen) atoms. The van der Waals surface area contributed by atoms with Gasteiger partial charge in [-0.15, -0.1) is 0 Å². The molecule has 8 heteroatoms. The minimum absolute atomic E-state index is 0.259. The van der Waals surface area contributed by atoms with Crippen molar-refractivity contribution in [2.45, 2.75) is 19.0 Å². The van der Waals surface area contributed by atoms with Gasteiger partial charge in [-0.3, -0.25) is 9.89 Å². The zero-order valence-corrected chi connectivity index (χ0v) is 18.0. The van der Waals surface area contributed by atoms with Gasteiger partial charge in [0.05, 0.1) is 17.1 Å². The SMILES string of the molecule is NCCCc1cc2c(-c3ccc(C(F)(F)F)cc3)c[nH]c(=O)c2c2cc(-c3cn[nH]c3)ccc12. The Morgan fingerprint density at radius 3 is 2.32 bits per heavy atom. The van der Waals surface area contributed by atoms with Crippen molar-refractivity contribution < 1.29 is 13.2 Å². The number of nitrogens with one attached hydrogen (secondary N) is 2. The van der Waals surface area contributed by atoms with Crippen LogP contribution in [0.3, 0.4) is 0 Å². The van der Waals surface area contributed by atoms with Crippen molar-refractivity contribution in [3.05, 3.63) is 88.6 Å². The van der Waals surface area contributed by atoms with Gasteiger partial charge in [0.25, 0.3) is 5.56 Å². The third-order valence-electron chi connectivity index (χ3n) is 6.09. The van der Waals surface area contributed by atoms with Crippen LogP contribution in [-0.4, -0.2) is 21.7 Å². The van der Waals surface area contributed by atoms with E-state index in [0.29, 0.717) is 34.9 Å². The van der Waals surface area contributed by atoms with Crippen LogP contribution in [0.15, 0.2) is 71.9 Å². The molecule has 0 aliphatic heterocycles. The monoisotopic (exact) mass is 462 g/mol. The number of H-pyrrole nitrogens is 2. The summed E-state index contributed by atoms with van der Waals surface area (Å²) in [4.78, 5) is 15.8. The van der Waals surface area contributed by atoms with Gasteiger partial charge in [-0.2, -0.15) is 18.3 Å². The lowest BCUT2D eigenvalue weighted by molar-refractivity contribution is -0.137. The highest BCUT2D eigenvalue weighted by atomic mass is 19.4. The standard InChI is InChI=1S/C26H21F3N4O/c27-26(28,29)19-6-3-15(4-7-19)23-14-31-25(34)24-21-10-16(18-12-32-33-13-18)5-8-20(21)17(2-1-9-30)11-22(23)24/h3-8,10-14H,1-2,9,30H2,(H,31,34)(H,32,33). The van der Waals surface area contributed by atoms with Gasteiger partial charge in [0.2, 0.25) is 0 Å². The second kappa shape index (κ2) is 8.46. The number of nitrogens with two attached hydrogens (primary N) is 1. The number of alkyl halides is 3. The van der Waals surface area contributed by atoms with Gasteiger partial charge < -0.3 is 10.7 Å². The molecular weight excluding hydrogens is 441 g/mol. The maximum atomic E-state index is 13.1. The highest BCUT2D eigenvalue weighted by Crippen LogP contribution is 2.37. The number of hydrogen-bond acceptors (Lipinski definition) is 3. The molecule has 0 fully saturated rings. The fourth-order valence-electron chi connectivity index (χ4n) is 4.41. The first-order valence-corrected chi connectivity index (χ1v) is 10.8. The minimum atomic E-state index is -4.42. The average molecular weight is 462 g/mol. The first-order valence-electron chi connectivity index (χ1n) is 10.8. The summed E-state index contributed by atoms with van der Waals surface area (Å²) in [5.41, 5.74) is 8.85. The molecule has 0 spiro atoms. The Labute approximate surface area is 192 Å². The zero-order chi connectivity index (χ0) is 23.9. The predicted octanol–water partition coefficient (Wildman–Crippen LogP) is 5.65. The van der Waals surface area contributed by atoms with E-state index in [-0.39, 0.29) is 5.56 Å². The quantitative estimate of drug-likeness (QED) is 0.295. The molecular formula is C26H21F3N4O. The number of aromatic nitrogens is 3. The average Bonchev–Trinajstić information content (AvgIpc) is 3.37. The van der Waals surface area contributed by atoms with Gasteiger partial charge >= 0.3 is 6.18 Å². The van der Waals surface area contributed by atoms with E-state index >= 15 is 0 Å². The number of aryl methyl sites for hydroxylation is 1. The Bertz CT molecular complexity index is 1540. The molecule has 172 valence electrons. The second-order valence-electron chi connectivity index (χ2n) is 8.20. The van der Waals surface area contributed by atoms with E-state index in [1.165, 1.54) is 12.1 Å². The molecule has 0 aliphatic carbocycles. The van der Waals surface area contributed by atoms with Gasteiger partial charge in [0.1, 0.15) is 0 Å².